The van der Waals surface area contributed by atoms with Gasteiger partial charge >= 0.3 is 0 Å². The van der Waals surface area contributed by atoms with Crippen LogP contribution in [0.2, 0.25) is 0 Å². The van der Waals surface area contributed by atoms with Crippen LogP contribution in [0, 0.1) is 11.3 Å². The van der Waals surface area contributed by atoms with Crippen molar-refractivity contribution in [2.24, 2.45) is 0 Å². The lowest BCUT2D eigenvalue weighted by molar-refractivity contribution is -0.130. The maximum absolute atomic E-state index is 11.2. The molecule has 1 aromatic heterocycles. The van der Waals surface area contributed by atoms with E-state index in [2.05, 4.69) is 10.6 Å². The molecule has 0 spiro atoms. The molecule has 0 radical (unpaired) electrons. The van der Waals surface area contributed by atoms with Crippen molar-refractivity contribution in [3.63, 3.8) is 0 Å². The zero-order valence-electron chi connectivity index (χ0n) is 9.39. The Morgan fingerprint density at radius 1 is 1.50 bits per heavy atom. The topological polar surface area (TPSA) is 49.0 Å². The fourth-order valence-corrected chi connectivity index (χ4v) is 2.19. The lowest BCUT2D eigenvalue weighted by Gasteiger charge is -2.32. The highest BCUT2D eigenvalue weighted by atomic mass is 16.2. The second-order valence-electron chi connectivity index (χ2n) is 4.20. The molecule has 0 N–H and O–H groups in total. The molecule has 2 heterocycles. The Hall–Kier alpha value is -1.76. The number of carbonyl (C=O) groups excluding carboxylic acids is 1. The number of carbonyl (C=O) groups is 1. The molecule has 0 unspecified atom stereocenters. The second-order valence-corrected chi connectivity index (χ2v) is 4.20. The van der Waals surface area contributed by atoms with Crippen LogP contribution in [0.1, 0.15) is 31.4 Å². The van der Waals surface area contributed by atoms with E-state index in [0.717, 1.165) is 25.9 Å². The number of aromatic nitrogens is 1. The van der Waals surface area contributed by atoms with E-state index in [1.54, 1.807) is 6.92 Å². The molecule has 2 rings (SSSR count). The summed E-state index contributed by atoms with van der Waals surface area (Å²) in [4.78, 5) is 13.0. The third-order valence-corrected chi connectivity index (χ3v) is 3.17. The van der Waals surface area contributed by atoms with Gasteiger partial charge in [-0.15, -0.1) is 0 Å². The monoisotopic (exact) mass is 217 g/mol. The molecule has 84 valence electrons. The third kappa shape index (κ3) is 2.08. The van der Waals surface area contributed by atoms with Crippen LogP contribution in [0.4, 0.5) is 0 Å². The molecule has 0 bridgehead atoms. The molecule has 4 heteroatoms. The first-order valence-electron chi connectivity index (χ1n) is 5.54. The summed E-state index contributed by atoms with van der Waals surface area (Å²) in [6.07, 6.45) is 5.78. The van der Waals surface area contributed by atoms with Gasteiger partial charge < -0.3 is 9.47 Å². The minimum atomic E-state index is 0.156. The summed E-state index contributed by atoms with van der Waals surface area (Å²) in [6.45, 7) is 3.25. The van der Waals surface area contributed by atoms with E-state index in [-0.39, 0.29) is 5.91 Å². The quantitative estimate of drug-likeness (QED) is 0.716. The molecule has 1 saturated heterocycles. The first-order chi connectivity index (χ1) is 7.70. The van der Waals surface area contributed by atoms with Gasteiger partial charge in [-0.3, -0.25) is 4.79 Å². The van der Waals surface area contributed by atoms with Gasteiger partial charge in [0, 0.05) is 38.4 Å². The molecule has 1 aromatic rings. The van der Waals surface area contributed by atoms with E-state index in [1.807, 2.05) is 23.4 Å². The van der Waals surface area contributed by atoms with Gasteiger partial charge in [-0.25, -0.2) is 0 Å². The van der Waals surface area contributed by atoms with Crippen molar-refractivity contribution >= 4 is 5.91 Å². The molecule has 1 fully saturated rings. The number of likely N-dealkylation sites (tertiary alicyclic amines) is 1. The summed E-state index contributed by atoms with van der Waals surface area (Å²) < 4.78 is 2.09. The zero-order valence-corrected chi connectivity index (χ0v) is 9.39. The highest BCUT2D eigenvalue weighted by Gasteiger charge is 2.21. The summed E-state index contributed by atoms with van der Waals surface area (Å²) in [7, 11) is 0. The Kier molecular flexibility index (Phi) is 2.95. The summed E-state index contributed by atoms with van der Waals surface area (Å²) in [6, 6.07) is 4.39. The fourth-order valence-electron chi connectivity index (χ4n) is 2.19. The zero-order chi connectivity index (χ0) is 11.5. The fraction of sp³-hybridized carbons (Fsp3) is 0.500. The van der Waals surface area contributed by atoms with Crippen LogP contribution >= 0.6 is 0 Å². The molecular weight excluding hydrogens is 202 g/mol. The van der Waals surface area contributed by atoms with Crippen molar-refractivity contribution in [3.05, 3.63) is 24.0 Å². The van der Waals surface area contributed by atoms with Crippen molar-refractivity contribution in [3.8, 4) is 6.07 Å². The normalized spacial score (nSPS) is 17.1. The largest absolute Gasteiger partial charge is 0.350 e. The number of nitriles is 1. The highest BCUT2D eigenvalue weighted by Crippen LogP contribution is 2.23. The Morgan fingerprint density at radius 3 is 2.69 bits per heavy atom. The van der Waals surface area contributed by atoms with Crippen LogP contribution in [-0.4, -0.2) is 28.5 Å². The lowest BCUT2D eigenvalue weighted by Crippen LogP contribution is -2.37. The first-order valence-corrected chi connectivity index (χ1v) is 5.54. The average Bonchev–Trinajstić information content (AvgIpc) is 2.77. The Labute approximate surface area is 95.1 Å². The van der Waals surface area contributed by atoms with Crippen LogP contribution < -0.4 is 0 Å². The Morgan fingerprint density at radius 2 is 2.19 bits per heavy atom. The van der Waals surface area contributed by atoms with Crippen molar-refractivity contribution < 1.29 is 4.79 Å². The van der Waals surface area contributed by atoms with Crippen LogP contribution in [0.25, 0.3) is 0 Å². The SMILES string of the molecule is CC(=O)N1CCC(n2ccc(C#N)c2)CC1. The minimum Gasteiger partial charge on any atom is -0.350 e. The van der Waals surface area contributed by atoms with Gasteiger partial charge in [0.25, 0.3) is 0 Å². The van der Waals surface area contributed by atoms with Gasteiger partial charge in [-0.05, 0) is 18.9 Å². The number of hydrogen-bond acceptors (Lipinski definition) is 2. The number of amides is 1. The van der Waals surface area contributed by atoms with E-state index < -0.39 is 0 Å². The number of hydrogen-bond donors (Lipinski definition) is 0. The van der Waals surface area contributed by atoms with Crippen LogP contribution in [0.15, 0.2) is 18.5 Å². The van der Waals surface area contributed by atoms with Crippen molar-refractivity contribution in [1.82, 2.24) is 9.47 Å². The van der Waals surface area contributed by atoms with E-state index in [1.165, 1.54) is 0 Å². The molecular formula is C12H15N3O. The van der Waals surface area contributed by atoms with Gasteiger partial charge in [-0.1, -0.05) is 0 Å². The molecule has 16 heavy (non-hydrogen) atoms. The second kappa shape index (κ2) is 4.40. The standard InChI is InChI=1S/C12H15N3O/c1-10(16)14-6-3-12(4-7-14)15-5-2-11(8-13)9-15/h2,5,9,12H,3-4,6-7H2,1H3. The number of rotatable bonds is 1. The van der Waals surface area contributed by atoms with E-state index in [9.17, 15) is 4.79 Å². The molecule has 0 saturated carbocycles. The third-order valence-electron chi connectivity index (χ3n) is 3.17. The van der Waals surface area contributed by atoms with E-state index >= 15 is 0 Å². The predicted molar refractivity (Wildman–Crippen MR) is 59.7 cm³/mol. The summed E-state index contributed by atoms with van der Waals surface area (Å²) >= 11 is 0. The maximum atomic E-state index is 11.2. The predicted octanol–water partition coefficient (Wildman–Crippen LogP) is 1.54. The molecule has 1 amide bonds. The van der Waals surface area contributed by atoms with Gasteiger partial charge in [0.15, 0.2) is 0 Å². The average molecular weight is 217 g/mol. The van der Waals surface area contributed by atoms with Crippen LogP contribution in [0.3, 0.4) is 0 Å². The van der Waals surface area contributed by atoms with Crippen LogP contribution in [-0.2, 0) is 4.79 Å². The Balaban J connectivity index is 1.99. The lowest BCUT2D eigenvalue weighted by atomic mass is 10.1. The summed E-state index contributed by atoms with van der Waals surface area (Å²) in [5, 5.41) is 8.75. The minimum absolute atomic E-state index is 0.156. The van der Waals surface area contributed by atoms with Crippen LogP contribution in [0.5, 0.6) is 0 Å². The Bertz CT molecular complexity index is 422. The molecule has 0 aliphatic carbocycles. The van der Waals surface area contributed by atoms with Gasteiger partial charge in [0.1, 0.15) is 6.07 Å². The van der Waals surface area contributed by atoms with E-state index in [0.29, 0.717) is 11.6 Å². The van der Waals surface area contributed by atoms with Crippen molar-refractivity contribution in [1.29, 1.82) is 5.26 Å². The van der Waals surface area contributed by atoms with Gasteiger partial charge in [-0.2, -0.15) is 5.26 Å². The summed E-state index contributed by atoms with van der Waals surface area (Å²) in [5.41, 5.74) is 0.703. The highest BCUT2D eigenvalue weighted by molar-refractivity contribution is 5.73. The molecule has 0 atom stereocenters. The molecule has 1 aliphatic rings. The molecule has 4 nitrogen and oxygen atoms in total. The first kappa shape index (κ1) is 10.7. The molecule has 1 aliphatic heterocycles. The summed E-state index contributed by atoms with van der Waals surface area (Å²) in [5.74, 6) is 0.156. The van der Waals surface area contributed by atoms with Crippen molar-refractivity contribution in [2.45, 2.75) is 25.8 Å². The molecule has 0 aromatic carbocycles. The number of nitrogens with zero attached hydrogens (tertiary/aromatic N) is 3. The smallest absolute Gasteiger partial charge is 0.219 e. The van der Waals surface area contributed by atoms with Gasteiger partial charge in [0.05, 0.1) is 5.56 Å². The number of piperidine rings is 1. The van der Waals surface area contributed by atoms with Crippen molar-refractivity contribution in [2.75, 3.05) is 13.1 Å². The maximum Gasteiger partial charge on any atom is 0.219 e. The van der Waals surface area contributed by atoms with Gasteiger partial charge in [0.2, 0.25) is 5.91 Å². The van der Waals surface area contributed by atoms with E-state index in [4.69, 9.17) is 5.26 Å².